The highest BCUT2D eigenvalue weighted by Crippen LogP contribution is 2.31. The summed E-state index contributed by atoms with van der Waals surface area (Å²) in [6, 6.07) is 13.6. The third-order valence-electron chi connectivity index (χ3n) is 5.27. The molecule has 1 N–H and O–H groups in total. The van der Waals surface area contributed by atoms with Crippen molar-refractivity contribution in [3.63, 3.8) is 0 Å². The molecule has 2 heterocycles. The molecular weight excluding hydrogens is 362 g/mol. The molecule has 7 heteroatoms. The van der Waals surface area contributed by atoms with Gasteiger partial charge in [-0.2, -0.15) is 0 Å². The van der Waals surface area contributed by atoms with Crippen LogP contribution in [0.3, 0.4) is 0 Å². The first-order chi connectivity index (χ1) is 13.0. The van der Waals surface area contributed by atoms with Crippen molar-refractivity contribution >= 4 is 15.8 Å². The van der Waals surface area contributed by atoms with E-state index >= 15 is 0 Å². The molecule has 2 aromatic rings. The molecule has 1 aliphatic heterocycles. The van der Waals surface area contributed by atoms with Crippen LogP contribution >= 0.6 is 0 Å². The fourth-order valence-electron chi connectivity index (χ4n) is 3.38. The van der Waals surface area contributed by atoms with Gasteiger partial charge in [-0.15, -0.1) is 0 Å². The molecule has 0 amide bonds. The van der Waals surface area contributed by atoms with Gasteiger partial charge >= 0.3 is 0 Å². The van der Waals surface area contributed by atoms with Crippen LogP contribution in [0.2, 0.25) is 0 Å². The Hall–Kier alpha value is -1.96. The molecule has 1 aromatic carbocycles. The summed E-state index contributed by atoms with van der Waals surface area (Å²) < 4.78 is 33.4. The van der Waals surface area contributed by atoms with Crippen molar-refractivity contribution < 1.29 is 13.2 Å². The van der Waals surface area contributed by atoms with E-state index in [1.165, 1.54) is 6.20 Å². The molecular formula is C20H25N3O3S. The van der Waals surface area contributed by atoms with E-state index in [1.54, 1.807) is 12.1 Å². The van der Waals surface area contributed by atoms with E-state index in [9.17, 15) is 8.42 Å². The van der Waals surface area contributed by atoms with Crippen LogP contribution in [0.25, 0.3) is 0 Å². The highest BCUT2D eigenvalue weighted by molar-refractivity contribution is 7.89. The number of hydrogen-bond donors (Lipinski definition) is 1. The number of aromatic nitrogens is 1. The molecule has 1 aromatic heterocycles. The minimum atomic E-state index is -3.48. The molecule has 6 nitrogen and oxygen atoms in total. The van der Waals surface area contributed by atoms with Gasteiger partial charge in [-0.25, -0.2) is 18.1 Å². The number of anilines is 1. The van der Waals surface area contributed by atoms with E-state index in [0.717, 1.165) is 30.8 Å². The molecule has 1 aliphatic carbocycles. The zero-order valence-corrected chi connectivity index (χ0v) is 16.3. The van der Waals surface area contributed by atoms with Crippen LogP contribution in [0.15, 0.2) is 53.6 Å². The van der Waals surface area contributed by atoms with Crippen molar-refractivity contribution in [1.82, 2.24) is 9.71 Å². The zero-order valence-electron chi connectivity index (χ0n) is 15.5. The predicted molar refractivity (Wildman–Crippen MR) is 104 cm³/mol. The average Bonchev–Trinajstić information content (AvgIpc) is 3.52. The molecule has 1 saturated carbocycles. The van der Waals surface area contributed by atoms with Gasteiger partial charge in [0.15, 0.2) is 0 Å². The number of nitrogens with zero attached hydrogens (tertiary/aromatic N) is 2. The predicted octanol–water partition coefficient (Wildman–Crippen LogP) is 2.52. The average molecular weight is 388 g/mol. The molecule has 4 rings (SSSR count). The Morgan fingerprint density at radius 1 is 1.22 bits per heavy atom. The Morgan fingerprint density at radius 2 is 2.00 bits per heavy atom. The molecule has 2 aliphatic rings. The van der Waals surface area contributed by atoms with Crippen molar-refractivity contribution in [2.45, 2.75) is 30.3 Å². The van der Waals surface area contributed by atoms with Gasteiger partial charge in [0.05, 0.1) is 13.2 Å². The van der Waals surface area contributed by atoms with E-state index < -0.39 is 15.6 Å². The Morgan fingerprint density at radius 3 is 2.67 bits per heavy atom. The second-order valence-corrected chi connectivity index (χ2v) is 9.28. The third-order valence-corrected chi connectivity index (χ3v) is 6.68. The van der Waals surface area contributed by atoms with Gasteiger partial charge in [-0.05, 0) is 43.4 Å². The lowest BCUT2D eigenvalue weighted by Gasteiger charge is -2.41. The molecule has 0 spiro atoms. The van der Waals surface area contributed by atoms with Gasteiger partial charge in [-0.3, -0.25) is 0 Å². The minimum absolute atomic E-state index is 0.214. The standard InChI is InChI=1S/C20H25N3O3S/c1-20(17-5-3-2-4-6-17)15-23(11-12-26-20)19-10-9-18(14-21-19)27(24,25)22-13-16-7-8-16/h2-6,9-10,14,16,22H,7-8,11-13,15H2,1H3. The normalized spacial score (nSPS) is 23.4. The minimum Gasteiger partial charge on any atom is -0.367 e. The van der Waals surface area contributed by atoms with Crippen molar-refractivity contribution in [3.8, 4) is 0 Å². The van der Waals surface area contributed by atoms with Gasteiger partial charge in [-0.1, -0.05) is 30.3 Å². The Balaban J connectivity index is 1.48. The summed E-state index contributed by atoms with van der Waals surface area (Å²) in [5, 5.41) is 0. The molecule has 144 valence electrons. The van der Waals surface area contributed by atoms with Crippen LogP contribution in [0, 0.1) is 5.92 Å². The van der Waals surface area contributed by atoms with Gasteiger partial charge < -0.3 is 9.64 Å². The molecule has 1 saturated heterocycles. The molecule has 1 unspecified atom stereocenters. The second-order valence-electron chi connectivity index (χ2n) is 7.51. The maximum absolute atomic E-state index is 12.4. The maximum atomic E-state index is 12.4. The maximum Gasteiger partial charge on any atom is 0.242 e. The van der Waals surface area contributed by atoms with Crippen molar-refractivity contribution in [2.75, 3.05) is 31.1 Å². The lowest BCUT2D eigenvalue weighted by molar-refractivity contribution is -0.0468. The fourth-order valence-corrected chi connectivity index (χ4v) is 4.44. The number of hydrogen-bond acceptors (Lipinski definition) is 5. The smallest absolute Gasteiger partial charge is 0.242 e. The summed E-state index contributed by atoms with van der Waals surface area (Å²) in [5.74, 6) is 1.26. The van der Waals surface area contributed by atoms with Crippen LogP contribution < -0.4 is 9.62 Å². The number of sulfonamides is 1. The number of morpholine rings is 1. The molecule has 27 heavy (non-hydrogen) atoms. The Kier molecular flexibility index (Phi) is 4.92. The largest absolute Gasteiger partial charge is 0.367 e. The Bertz CT molecular complexity index is 882. The molecule has 0 bridgehead atoms. The van der Waals surface area contributed by atoms with E-state index in [1.807, 2.05) is 18.2 Å². The SMILES string of the molecule is CC1(c2ccccc2)CN(c2ccc(S(=O)(=O)NCC3CC3)cn2)CCO1. The first kappa shape index (κ1) is 18.4. The van der Waals surface area contributed by atoms with Crippen LogP contribution in [0.5, 0.6) is 0 Å². The lowest BCUT2D eigenvalue weighted by Crippen LogP contribution is -2.48. The van der Waals surface area contributed by atoms with Crippen molar-refractivity contribution in [3.05, 3.63) is 54.2 Å². The van der Waals surface area contributed by atoms with E-state index in [2.05, 4.69) is 33.7 Å². The molecule has 2 fully saturated rings. The van der Waals surface area contributed by atoms with Gasteiger partial charge in [0.1, 0.15) is 16.3 Å². The summed E-state index contributed by atoms with van der Waals surface area (Å²) >= 11 is 0. The topological polar surface area (TPSA) is 71.5 Å². The van der Waals surface area contributed by atoms with Crippen LogP contribution in [0.4, 0.5) is 5.82 Å². The number of benzene rings is 1. The quantitative estimate of drug-likeness (QED) is 0.825. The van der Waals surface area contributed by atoms with E-state index in [4.69, 9.17) is 4.74 Å². The highest BCUT2D eigenvalue weighted by atomic mass is 32.2. The lowest BCUT2D eigenvalue weighted by atomic mass is 9.94. The van der Waals surface area contributed by atoms with Gasteiger partial charge in [0.25, 0.3) is 0 Å². The number of pyridine rings is 1. The van der Waals surface area contributed by atoms with E-state index in [-0.39, 0.29) is 4.90 Å². The summed E-state index contributed by atoms with van der Waals surface area (Å²) in [5.41, 5.74) is 0.704. The molecule has 0 radical (unpaired) electrons. The summed E-state index contributed by atoms with van der Waals surface area (Å²) in [7, 11) is -3.48. The third kappa shape index (κ3) is 4.15. The molecule has 1 atom stereocenters. The van der Waals surface area contributed by atoms with Crippen molar-refractivity contribution in [2.24, 2.45) is 5.92 Å². The first-order valence-electron chi connectivity index (χ1n) is 9.36. The summed E-state index contributed by atoms with van der Waals surface area (Å²) in [6.07, 6.45) is 3.66. The number of ether oxygens (including phenoxy) is 1. The number of rotatable bonds is 6. The van der Waals surface area contributed by atoms with Gasteiger partial charge in [0.2, 0.25) is 10.0 Å². The monoisotopic (exact) mass is 387 g/mol. The fraction of sp³-hybridized carbons (Fsp3) is 0.450. The summed E-state index contributed by atoms with van der Waals surface area (Å²) in [4.78, 5) is 6.78. The second kappa shape index (κ2) is 7.22. The van der Waals surface area contributed by atoms with Crippen LogP contribution in [0.1, 0.15) is 25.3 Å². The van der Waals surface area contributed by atoms with Crippen LogP contribution in [-0.2, 0) is 20.4 Å². The van der Waals surface area contributed by atoms with Gasteiger partial charge in [0, 0.05) is 19.3 Å². The van der Waals surface area contributed by atoms with Crippen LogP contribution in [-0.4, -0.2) is 39.6 Å². The van der Waals surface area contributed by atoms with E-state index in [0.29, 0.717) is 25.6 Å². The zero-order chi connectivity index (χ0) is 18.9. The first-order valence-corrected chi connectivity index (χ1v) is 10.8. The highest BCUT2D eigenvalue weighted by Gasteiger charge is 2.34. The Labute approximate surface area is 160 Å². The summed E-state index contributed by atoms with van der Waals surface area (Å²) in [6.45, 7) is 4.58. The van der Waals surface area contributed by atoms with Crippen molar-refractivity contribution in [1.29, 1.82) is 0 Å². The number of nitrogens with one attached hydrogen (secondary N) is 1.